The van der Waals surface area contributed by atoms with Crippen molar-refractivity contribution in [3.8, 4) is 16.9 Å². The molecule has 1 saturated heterocycles. The van der Waals surface area contributed by atoms with Gasteiger partial charge in [0, 0.05) is 48.0 Å². The lowest BCUT2D eigenvalue weighted by atomic mass is 9.98. The molecule has 3 aromatic carbocycles. The first-order valence-corrected chi connectivity index (χ1v) is 11.7. The Bertz CT molecular complexity index is 1410. The van der Waals surface area contributed by atoms with E-state index in [1.54, 1.807) is 13.2 Å². The number of rotatable bonds is 7. The lowest BCUT2D eigenvalue weighted by Gasteiger charge is -2.26. The molecule has 0 bridgehead atoms. The van der Waals surface area contributed by atoms with Gasteiger partial charge in [-0.05, 0) is 47.5 Å². The van der Waals surface area contributed by atoms with Crippen molar-refractivity contribution in [3.63, 3.8) is 0 Å². The van der Waals surface area contributed by atoms with Gasteiger partial charge in [0.05, 0.1) is 31.4 Å². The third-order valence-corrected chi connectivity index (χ3v) is 6.46. The highest BCUT2D eigenvalue weighted by atomic mass is 16.5. The summed E-state index contributed by atoms with van der Waals surface area (Å²) in [4.78, 5) is 30.7. The minimum Gasteiger partial charge on any atom is -0.497 e. The van der Waals surface area contributed by atoms with Crippen molar-refractivity contribution in [2.75, 3.05) is 46.5 Å². The fourth-order valence-corrected chi connectivity index (χ4v) is 4.57. The van der Waals surface area contributed by atoms with Crippen LogP contribution in [0.1, 0.15) is 20.7 Å². The average molecular weight is 473 g/mol. The van der Waals surface area contributed by atoms with Crippen molar-refractivity contribution in [1.82, 2.24) is 15.2 Å². The minimum atomic E-state index is -0.521. The highest BCUT2D eigenvalue weighted by molar-refractivity contribution is 6.17. The SMILES string of the molecule is COc1cccc(-c2cc(C(N)=O)c3[nH]c4cc(C(=O)NCCN5CCOCC5)ccc4c3c2)c1. The molecule has 0 saturated carbocycles. The fraction of sp³-hybridized carbons (Fsp3) is 0.259. The number of morpholine rings is 1. The molecule has 2 amide bonds. The van der Waals surface area contributed by atoms with Gasteiger partial charge in [0.2, 0.25) is 0 Å². The summed E-state index contributed by atoms with van der Waals surface area (Å²) in [6.45, 7) is 4.60. The van der Waals surface area contributed by atoms with E-state index in [2.05, 4.69) is 15.2 Å². The maximum Gasteiger partial charge on any atom is 0.251 e. The summed E-state index contributed by atoms with van der Waals surface area (Å²) in [6.07, 6.45) is 0. The summed E-state index contributed by atoms with van der Waals surface area (Å²) in [5, 5.41) is 4.78. The second-order valence-electron chi connectivity index (χ2n) is 8.64. The number of carbonyl (C=O) groups excluding carboxylic acids is 2. The molecule has 5 rings (SSSR count). The van der Waals surface area contributed by atoms with Gasteiger partial charge in [0.15, 0.2) is 0 Å². The fourth-order valence-electron chi connectivity index (χ4n) is 4.57. The van der Waals surface area contributed by atoms with Crippen molar-refractivity contribution in [2.24, 2.45) is 5.73 Å². The number of nitrogens with zero attached hydrogens (tertiary/aromatic N) is 1. The van der Waals surface area contributed by atoms with Crippen molar-refractivity contribution in [3.05, 3.63) is 65.7 Å². The van der Waals surface area contributed by atoms with Gasteiger partial charge in [-0.1, -0.05) is 18.2 Å². The zero-order chi connectivity index (χ0) is 24.4. The summed E-state index contributed by atoms with van der Waals surface area (Å²) in [5.41, 5.74) is 9.89. The molecule has 35 heavy (non-hydrogen) atoms. The average Bonchev–Trinajstić information content (AvgIpc) is 3.26. The van der Waals surface area contributed by atoms with E-state index >= 15 is 0 Å². The number of primary amides is 1. The maximum atomic E-state index is 12.8. The van der Waals surface area contributed by atoms with Crippen LogP contribution in [0.4, 0.5) is 0 Å². The Balaban J connectivity index is 1.45. The predicted octanol–water partition coefficient (Wildman–Crippen LogP) is 3.16. The molecule has 4 aromatic rings. The lowest BCUT2D eigenvalue weighted by Crippen LogP contribution is -2.41. The van der Waals surface area contributed by atoms with Crippen molar-refractivity contribution in [2.45, 2.75) is 0 Å². The molecule has 4 N–H and O–H groups in total. The van der Waals surface area contributed by atoms with E-state index < -0.39 is 5.91 Å². The van der Waals surface area contributed by atoms with Crippen LogP contribution in [0.2, 0.25) is 0 Å². The first-order valence-electron chi connectivity index (χ1n) is 11.7. The van der Waals surface area contributed by atoms with Gasteiger partial charge < -0.3 is 25.5 Å². The van der Waals surface area contributed by atoms with E-state index in [0.29, 0.717) is 23.2 Å². The largest absolute Gasteiger partial charge is 0.497 e. The smallest absolute Gasteiger partial charge is 0.251 e. The molecule has 0 spiro atoms. The molecule has 2 heterocycles. The van der Waals surface area contributed by atoms with Gasteiger partial charge in [-0.15, -0.1) is 0 Å². The number of aromatic amines is 1. The van der Waals surface area contributed by atoms with E-state index in [0.717, 1.165) is 66.0 Å². The Morgan fingerprint density at radius 2 is 1.89 bits per heavy atom. The molecule has 8 heteroatoms. The molecule has 1 aliphatic heterocycles. The summed E-state index contributed by atoms with van der Waals surface area (Å²) in [6, 6.07) is 17.0. The zero-order valence-corrected chi connectivity index (χ0v) is 19.6. The molecule has 0 atom stereocenters. The van der Waals surface area contributed by atoms with Crippen molar-refractivity contribution in [1.29, 1.82) is 0 Å². The number of hydrogen-bond acceptors (Lipinski definition) is 5. The van der Waals surface area contributed by atoms with Gasteiger partial charge in [0.25, 0.3) is 11.8 Å². The number of fused-ring (bicyclic) bond motifs is 3. The van der Waals surface area contributed by atoms with Crippen LogP contribution >= 0.6 is 0 Å². The van der Waals surface area contributed by atoms with Crippen LogP contribution in [0.3, 0.4) is 0 Å². The Labute approximate surface area is 203 Å². The van der Waals surface area contributed by atoms with Crippen LogP contribution in [-0.2, 0) is 4.74 Å². The van der Waals surface area contributed by atoms with Crippen LogP contribution in [0.5, 0.6) is 5.75 Å². The molecule has 0 radical (unpaired) electrons. The highest BCUT2D eigenvalue weighted by Gasteiger charge is 2.17. The van der Waals surface area contributed by atoms with E-state index in [1.807, 2.05) is 48.5 Å². The number of H-pyrrole nitrogens is 1. The monoisotopic (exact) mass is 472 g/mol. The van der Waals surface area contributed by atoms with Crippen LogP contribution in [0.25, 0.3) is 32.9 Å². The number of hydrogen-bond donors (Lipinski definition) is 3. The van der Waals surface area contributed by atoms with E-state index in [9.17, 15) is 9.59 Å². The second kappa shape index (κ2) is 9.77. The van der Waals surface area contributed by atoms with E-state index in [-0.39, 0.29) is 5.91 Å². The molecule has 1 fully saturated rings. The first kappa shape index (κ1) is 22.9. The van der Waals surface area contributed by atoms with Crippen LogP contribution in [0.15, 0.2) is 54.6 Å². The van der Waals surface area contributed by atoms with Gasteiger partial charge in [-0.2, -0.15) is 0 Å². The van der Waals surface area contributed by atoms with Crippen molar-refractivity contribution < 1.29 is 19.1 Å². The van der Waals surface area contributed by atoms with Gasteiger partial charge in [0.1, 0.15) is 5.75 Å². The number of benzene rings is 3. The van der Waals surface area contributed by atoms with E-state index in [1.165, 1.54) is 0 Å². The topological polar surface area (TPSA) is 110 Å². The van der Waals surface area contributed by atoms with Gasteiger partial charge in [-0.3, -0.25) is 14.5 Å². The lowest BCUT2D eigenvalue weighted by molar-refractivity contribution is 0.0383. The van der Waals surface area contributed by atoms with Crippen LogP contribution < -0.4 is 15.8 Å². The summed E-state index contributed by atoms with van der Waals surface area (Å²) in [7, 11) is 1.62. The zero-order valence-electron chi connectivity index (χ0n) is 19.6. The quantitative estimate of drug-likeness (QED) is 0.383. The molecular formula is C27H28N4O4. The molecule has 0 unspecified atom stereocenters. The Morgan fingerprint density at radius 1 is 1.06 bits per heavy atom. The summed E-state index contributed by atoms with van der Waals surface area (Å²) >= 11 is 0. The van der Waals surface area contributed by atoms with Crippen LogP contribution in [-0.4, -0.2) is 68.2 Å². The Morgan fingerprint density at radius 3 is 2.66 bits per heavy atom. The molecular weight excluding hydrogens is 444 g/mol. The second-order valence-corrected chi connectivity index (χ2v) is 8.64. The van der Waals surface area contributed by atoms with Crippen LogP contribution in [0, 0.1) is 0 Å². The van der Waals surface area contributed by atoms with Crippen molar-refractivity contribution >= 4 is 33.6 Å². The minimum absolute atomic E-state index is 0.133. The van der Waals surface area contributed by atoms with E-state index in [4.69, 9.17) is 15.2 Å². The van der Waals surface area contributed by atoms with Gasteiger partial charge in [-0.25, -0.2) is 0 Å². The molecule has 180 valence electrons. The standard InChI is InChI=1S/C27H28N4O4/c1-34-20-4-2-3-17(13-20)19-14-22-21-6-5-18(16-24(21)30-25(22)23(15-19)26(28)32)27(33)29-7-8-31-9-11-35-12-10-31/h2-6,13-16,30H,7-12H2,1H3,(H2,28,32)(H,29,33). The number of nitrogens with one attached hydrogen (secondary N) is 2. The number of nitrogens with two attached hydrogens (primary N) is 1. The molecule has 0 aliphatic carbocycles. The van der Waals surface area contributed by atoms with Gasteiger partial charge >= 0.3 is 0 Å². The molecule has 8 nitrogen and oxygen atoms in total. The molecule has 1 aliphatic rings. The summed E-state index contributed by atoms with van der Waals surface area (Å²) in [5.74, 6) is 0.0739. The molecule has 1 aromatic heterocycles. The number of amides is 2. The number of aromatic nitrogens is 1. The Kier molecular flexibility index (Phi) is 6.39. The number of methoxy groups -OCH3 is 1. The highest BCUT2D eigenvalue weighted by Crippen LogP contribution is 2.34. The maximum absolute atomic E-state index is 12.8. The third kappa shape index (κ3) is 4.71. The third-order valence-electron chi connectivity index (χ3n) is 6.46. The number of ether oxygens (including phenoxy) is 2. The number of carbonyl (C=O) groups is 2. The predicted molar refractivity (Wildman–Crippen MR) is 136 cm³/mol. The first-order chi connectivity index (χ1) is 17.0. The summed E-state index contributed by atoms with van der Waals surface area (Å²) < 4.78 is 10.7. The normalized spacial score (nSPS) is 14.3. The Hall–Kier alpha value is -3.88.